The third kappa shape index (κ3) is 5.46. The Hall–Kier alpha value is -2.79. The van der Waals surface area contributed by atoms with Gasteiger partial charge in [-0.05, 0) is 43.2 Å². The van der Waals surface area contributed by atoms with Crippen LogP contribution in [0.15, 0.2) is 47.4 Å². The van der Waals surface area contributed by atoms with Crippen molar-refractivity contribution in [3.8, 4) is 0 Å². The maximum absolute atomic E-state index is 13.2. The summed E-state index contributed by atoms with van der Waals surface area (Å²) in [5.41, 5.74) is 2.60. The van der Waals surface area contributed by atoms with E-state index >= 15 is 0 Å². The number of anilines is 1. The Kier molecular flexibility index (Phi) is 7.79. The average molecular weight is 550 g/mol. The molecule has 9 nitrogen and oxygen atoms in total. The van der Waals surface area contributed by atoms with Crippen LogP contribution in [-0.4, -0.2) is 53.8 Å². The summed E-state index contributed by atoms with van der Waals surface area (Å²) < 4.78 is 27.8. The highest BCUT2D eigenvalue weighted by Crippen LogP contribution is 2.30. The molecular formula is C24H25Cl2N5O4S. The molecule has 3 aromatic rings. The minimum absolute atomic E-state index is 0.108. The van der Waals surface area contributed by atoms with Gasteiger partial charge in [0.15, 0.2) is 0 Å². The van der Waals surface area contributed by atoms with E-state index in [1.807, 2.05) is 38.1 Å². The van der Waals surface area contributed by atoms with Crippen molar-refractivity contribution in [2.45, 2.75) is 31.6 Å². The molecule has 0 aliphatic carbocycles. The second-order valence-electron chi connectivity index (χ2n) is 8.44. The summed E-state index contributed by atoms with van der Waals surface area (Å²) in [7, 11) is -3.93. The molecule has 4 rings (SSSR count). The Morgan fingerprint density at radius 3 is 2.31 bits per heavy atom. The lowest BCUT2D eigenvalue weighted by Gasteiger charge is -2.36. The first-order valence-corrected chi connectivity index (χ1v) is 13.6. The van der Waals surface area contributed by atoms with Gasteiger partial charge in [0.05, 0.1) is 9.82 Å². The van der Waals surface area contributed by atoms with E-state index in [0.717, 1.165) is 35.1 Å². The molecule has 36 heavy (non-hydrogen) atoms. The zero-order valence-electron chi connectivity index (χ0n) is 19.8. The monoisotopic (exact) mass is 549 g/mol. The van der Waals surface area contributed by atoms with Gasteiger partial charge in [0, 0.05) is 54.9 Å². The molecule has 0 bridgehead atoms. The molecule has 0 atom stereocenters. The van der Waals surface area contributed by atoms with E-state index in [-0.39, 0.29) is 23.0 Å². The molecule has 1 aliphatic heterocycles. The van der Waals surface area contributed by atoms with Crippen molar-refractivity contribution >= 4 is 44.7 Å². The molecule has 0 spiro atoms. The van der Waals surface area contributed by atoms with E-state index in [0.29, 0.717) is 30.4 Å². The van der Waals surface area contributed by atoms with Crippen molar-refractivity contribution in [1.29, 1.82) is 0 Å². The lowest BCUT2D eigenvalue weighted by Crippen LogP contribution is -2.49. The largest absolute Gasteiger partial charge is 0.354 e. The molecule has 0 saturated carbocycles. The lowest BCUT2D eigenvalue weighted by molar-refractivity contribution is -0.384. The van der Waals surface area contributed by atoms with Gasteiger partial charge in [-0.25, -0.2) is 18.4 Å². The van der Waals surface area contributed by atoms with Gasteiger partial charge in [-0.2, -0.15) is 4.31 Å². The number of nitrogens with zero attached hydrogens (tertiary/aromatic N) is 5. The van der Waals surface area contributed by atoms with Gasteiger partial charge in [-0.1, -0.05) is 42.3 Å². The van der Waals surface area contributed by atoms with Crippen LogP contribution in [0.5, 0.6) is 0 Å². The van der Waals surface area contributed by atoms with Crippen molar-refractivity contribution in [3.05, 3.63) is 85.3 Å². The fraction of sp³-hybridized carbons (Fsp3) is 0.333. The number of halogens is 2. The number of benzene rings is 2. The number of piperazine rings is 1. The van der Waals surface area contributed by atoms with E-state index in [1.165, 1.54) is 16.4 Å². The number of hydrogen-bond acceptors (Lipinski definition) is 7. The molecule has 1 fully saturated rings. The molecule has 190 valence electrons. The van der Waals surface area contributed by atoms with E-state index in [1.54, 1.807) is 0 Å². The Bertz CT molecular complexity index is 1390. The highest BCUT2D eigenvalue weighted by atomic mass is 35.5. The highest BCUT2D eigenvalue weighted by molar-refractivity contribution is 7.89. The normalized spacial score (nSPS) is 14.7. The smallest absolute Gasteiger partial charge is 0.289 e. The van der Waals surface area contributed by atoms with Crippen LogP contribution in [0.1, 0.15) is 29.6 Å². The summed E-state index contributed by atoms with van der Waals surface area (Å²) >= 11 is 11.9. The number of aromatic nitrogens is 2. The third-order valence-corrected chi connectivity index (χ3v) is 8.57. The number of aryl methyl sites for hydroxylation is 2. The van der Waals surface area contributed by atoms with Crippen molar-refractivity contribution in [1.82, 2.24) is 14.3 Å². The summed E-state index contributed by atoms with van der Waals surface area (Å²) in [6, 6.07) is 11.2. The van der Waals surface area contributed by atoms with E-state index in [4.69, 9.17) is 28.2 Å². The van der Waals surface area contributed by atoms with Gasteiger partial charge in [0.25, 0.3) is 5.69 Å². The first kappa shape index (κ1) is 26.3. The number of sulfonamides is 1. The maximum Gasteiger partial charge on any atom is 0.289 e. The fourth-order valence-electron chi connectivity index (χ4n) is 4.26. The van der Waals surface area contributed by atoms with Crippen LogP contribution < -0.4 is 4.90 Å². The van der Waals surface area contributed by atoms with Gasteiger partial charge in [0.1, 0.15) is 16.7 Å². The number of rotatable bonds is 7. The van der Waals surface area contributed by atoms with Crippen molar-refractivity contribution < 1.29 is 13.3 Å². The van der Waals surface area contributed by atoms with Crippen molar-refractivity contribution in [2.24, 2.45) is 0 Å². The second kappa shape index (κ2) is 10.7. The van der Waals surface area contributed by atoms with Crippen LogP contribution in [0, 0.1) is 17.0 Å². The molecule has 2 heterocycles. The van der Waals surface area contributed by atoms with Crippen LogP contribution in [0.2, 0.25) is 10.0 Å². The molecule has 2 aromatic carbocycles. The van der Waals surface area contributed by atoms with Crippen LogP contribution in [0.3, 0.4) is 0 Å². The Morgan fingerprint density at radius 1 is 1.03 bits per heavy atom. The highest BCUT2D eigenvalue weighted by Gasteiger charge is 2.31. The molecular weight excluding hydrogens is 525 g/mol. The fourth-order valence-corrected chi connectivity index (χ4v) is 6.02. The summed E-state index contributed by atoms with van der Waals surface area (Å²) in [6.45, 7) is 5.16. The van der Waals surface area contributed by atoms with Crippen LogP contribution in [0.25, 0.3) is 0 Å². The zero-order chi connectivity index (χ0) is 26.0. The summed E-state index contributed by atoms with van der Waals surface area (Å²) in [4.78, 5) is 21.8. The predicted octanol–water partition coefficient (Wildman–Crippen LogP) is 4.66. The molecule has 0 unspecified atom stereocenters. The molecule has 12 heteroatoms. The summed E-state index contributed by atoms with van der Waals surface area (Å²) in [5, 5.41) is 11.8. The van der Waals surface area contributed by atoms with Crippen LogP contribution in [-0.2, 0) is 22.9 Å². The molecule has 0 radical (unpaired) electrons. The quantitative estimate of drug-likeness (QED) is 0.311. The van der Waals surface area contributed by atoms with Gasteiger partial charge in [-0.15, -0.1) is 0 Å². The molecule has 0 amide bonds. The first-order chi connectivity index (χ1) is 17.1. The topological polar surface area (TPSA) is 110 Å². The third-order valence-electron chi connectivity index (χ3n) is 6.10. The number of nitro benzene ring substituents is 1. The van der Waals surface area contributed by atoms with Gasteiger partial charge in [0.2, 0.25) is 10.0 Å². The number of hydrogen-bond donors (Lipinski definition) is 0. The Morgan fingerprint density at radius 2 is 1.69 bits per heavy atom. The lowest BCUT2D eigenvalue weighted by atomic mass is 10.0. The molecule has 1 saturated heterocycles. The predicted molar refractivity (Wildman–Crippen MR) is 139 cm³/mol. The van der Waals surface area contributed by atoms with Gasteiger partial charge >= 0.3 is 0 Å². The minimum atomic E-state index is -3.93. The van der Waals surface area contributed by atoms with Crippen LogP contribution >= 0.6 is 23.2 Å². The van der Waals surface area contributed by atoms with Gasteiger partial charge in [-0.3, -0.25) is 10.1 Å². The minimum Gasteiger partial charge on any atom is -0.354 e. The first-order valence-electron chi connectivity index (χ1n) is 11.4. The Balaban J connectivity index is 1.59. The van der Waals surface area contributed by atoms with Gasteiger partial charge < -0.3 is 4.90 Å². The van der Waals surface area contributed by atoms with Crippen LogP contribution in [0.4, 0.5) is 11.5 Å². The zero-order valence-corrected chi connectivity index (χ0v) is 22.1. The van der Waals surface area contributed by atoms with Crippen molar-refractivity contribution in [3.63, 3.8) is 0 Å². The molecule has 1 aliphatic rings. The molecule has 1 aromatic heterocycles. The standard InChI is InChI=1S/C24H25Cl2N5O4S/c1-3-22-20(14-17-4-6-18(25)7-5-17)24(28-16(2)27-22)29-10-12-30(13-11-29)36(34,35)19-8-9-21(26)23(15-19)31(32)33/h4-9,15H,3,10-14H2,1-2H3. The summed E-state index contributed by atoms with van der Waals surface area (Å²) in [6.07, 6.45) is 1.37. The Labute approximate surface area is 219 Å². The second-order valence-corrected chi connectivity index (χ2v) is 11.2. The van der Waals surface area contributed by atoms with Crippen molar-refractivity contribution in [2.75, 3.05) is 31.1 Å². The van der Waals surface area contributed by atoms with E-state index in [2.05, 4.69) is 9.88 Å². The summed E-state index contributed by atoms with van der Waals surface area (Å²) in [5.74, 6) is 1.46. The SMILES string of the molecule is CCc1nc(C)nc(N2CCN(S(=O)(=O)c3ccc(Cl)c([N+](=O)[O-])c3)CC2)c1Cc1ccc(Cl)cc1. The average Bonchev–Trinajstić information content (AvgIpc) is 2.86. The maximum atomic E-state index is 13.2. The number of nitro groups is 1. The van der Waals surface area contributed by atoms with E-state index < -0.39 is 20.6 Å². The molecule has 0 N–H and O–H groups in total. The van der Waals surface area contributed by atoms with E-state index in [9.17, 15) is 18.5 Å².